The minimum absolute atomic E-state index is 0.128. The fourth-order valence-electron chi connectivity index (χ4n) is 3.20. The number of nitrogens with two attached hydrogens (primary N) is 1. The minimum Gasteiger partial charge on any atom is -0.491 e. The standard InChI is InChI=1S/C24H30F3NO4/c1-2-30-23(29)9-7-5-3-4-6-8-16-31-22-15-12-19(17-21(22)28)18-10-13-20(14-11-18)32-24(25,26)27/h10-15,17H,2-9,16,28H2,1H3. The lowest BCUT2D eigenvalue weighted by molar-refractivity contribution is -0.274. The monoisotopic (exact) mass is 453 g/mol. The van der Waals surface area contributed by atoms with Crippen LogP contribution in [0.4, 0.5) is 18.9 Å². The first-order valence-corrected chi connectivity index (χ1v) is 10.8. The summed E-state index contributed by atoms with van der Waals surface area (Å²) in [5.74, 6) is 0.186. The molecule has 32 heavy (non-hydrogen) atoms. The summed E-state index contributed by atoms with van der Waals surface area (Å²) in [5, 5.41) is 0. The number of nitrogen functional groups attached to an aromatic ring is 1. The zero-order valence-corrected chi connectivity index (χ0v) is 18.2. The highest BCUT2D eigenvalue weighted by molar-refractivity contribution is 5.71. The molecule has 0 fully saturated rings. The van der Waals surface area contributed by atoms with Crippen LogP contribution in [0.25, 0.3) is 11.1 Å². The van der Waals surface area contributed by atoms with Gasteiger partial charge in [-0.2, -0.15) is 0 Å². The smallest absolute Gasteiger partial charge is 0.491 e. The Balaban J connectivity index is 1.69. The Morgan fingerprint density at radius 3 is 2.16 bits per heavy atom. The lowest BCUT2D eigenvalue weighted by Crippen LogP contribution is -2.16. The van der Waals surface area contributed by atoms with E-state index in [0.717, 1.165) is 49.7 Å². The lowest BCUT2D eigenvalue weighted by Gasteiger charge is -2.12. The summed E-state index contributed by atoms with van der Waals surface area (Å²) in [6.45, 7) is 2.79. The number of carbonyl (C=O) groups excluding carboxylic acids is 1. The highest BCUT2D eigenvalue weighted by Crippen LogP contribution is 2.31. The largest absolute Gasteiger partial charge is 0.573 e. The number of hydrogen-bond donors (Lipinski definition) is 1. The predicted octanol–water partition coefficient (Wildman–Crippen LogP) is 6.51. The van der Waals surface area contributed by atoms with Gasteiger partial charge in [0.25, 0.3) is 0 Å². The lowest BCUT2D eigenvalue weighted by atomic mass is 10.0. The van der Waals surface area contributed by atoms with Gasteiger partial charge in [-0.05, 0) is 55.2 Å². The molecule has 5 nitrogen and oxygen atoms in total. The van der Waals surface area contributed by atoms with Crippen LogP contribution >= 0.6 is 0 Å². The predicted molar refractivity (Wildman–Crippen MR) is 117 cm³/mol. The second-order valence-electron chi connectivity index (χ2n) is 7.35. The molecule has 0 aliphatic rings. The zero-order chi connectivity index (χ0) is 23.4. The maximum atomic E-state index is 12.3. The number of rotatable bonds is 13. The van der Waals surface area contributed by atoms with E-state index in [9.17, 15) is 18.0 Å². The summed E-state index contributed by atoms with van der Waals surface area (Å²) in [5.41, 5.74) is 8.04. The van der Waals surface area contributed by atoms with Gasteiger partial charge in [0.1, 0.15) is 11.5 Å². The molecular formula is C24H30F3NO4. The average molecular weight is 454 g/mol. The molecule has 2 N–H and O–H groups in total. The summed E-state index contributed by atoms with van der Waals surface area (Å²) in [4.78, 5) is 11.2. The van der Waals surface area contributed by atoms with Gasteiger partial charge in [0.05, 0.1) is 18.9 Å². The molecule has 0 aliphatic heterocycles. The van der Waals surface area contributed by atoms with E-state index in [0.29, 0.717) is 31.1 Å². The molecule has 0 atom stereocenters. The van der Waals surface area contributed by atoms with Crippen LogP contribution < -0.4 is 15.2 Å². The number of benzene rings is 2. The Hall–Kier alpha value is -2.90. The molecule has 2 rings (SSSR count). The van der Waals surface area contributed by atoms with E-state index >= 15 is 0 Å². The van der Waals surface area contributed by atoms with E-state index in [1.165, 1.54) is 12.1 Å². The number of hydrogen-bond acceptors (Lipinski definition) is 5. The third-order valence-electron chi connectivity index (χ3n) is 4.77. The van der Waals surface area contributed by atoms with Crippen LogP contribution in [0.3, 0.4) is 0 Å². The van der Waals surface area contributed by atoms with E-state index in [1.807, 2.05) is 6.07 Å². The summed E-state index contributed by atoms with van der Waals surface area (Å²) in [6.07, 6.45) is 1.72. The number of halogens is 3. The van der Waals surface area contributed by atoms with Crippen molar-refractivity contribution in [3.8, 4) is 22.6 Å². The molecule has 0 radical (unpaired) electrons. The molecule has 0 unspecified atom stereocenters. The van der Waals surface area contributed by atoms with Crippen LogP contribution in [0.15, 0.2) is 42.5 Å². The Kier molecular flexibility index (Phi) is 10.2. The molecule has 0 spiro atoms. The van der Waals surface area contributed by atoms with Crippen molar-refractivity contribution in [2.45, 2.75) is 58.2 Å². The van der Waals surface area contributed by atoms with E-state index in [4.69, 9.17) is 15.2 Å². The third kappa shape index (κ3) is 9.49. The van der Waals surface area contributed by atoms with Crippen LogP contribution in [0.1, 0.15) is 51.9 Å². The number of anilines is 1. The first-order chi connectivity index (χ1) is 15.3. The van der Waals surface area contributed by atoms with Gasteiger partial charge in [-0.15, -0.1) is 13.2 Å². The van der Waals surface area contributed by atoms with E-state index in [1.54, 1.807) is 31.2 Å². The van der Waals surface area contributed by atoms with Gasteiger partial charge in [-0.1, -0.05) is 43.9 Å². The van der Waals surface area contributed by atoms with Crippen LogP contribution in [0, 0.1) is 0 Å². The SMILES string of the molecule is CCOC(=O)CCCCCCCCOc1ccc(-c2ccc(OC(F)(F)F)cc2)cc1N. The Morgan fingerprint density at radius 1 is 0.906 bits per heavy atom. The molecule has 176 valence electrons. The van der Waals surface area contributed by atoms with Crippen molar-refractivity contribution in [1.29, 1.82) is 0 Å². The van der Waals surface area contributed by atoms with Gasteiger partial charge < -0.3 is 19.9 Å². The molecule has 0 heterocycles. The van der Waals surface area contributed by atoms with Gasteiger partial charge in [0, 0.05) is 6.42 Å². The fraction of sp³-hybridized carbons (Fsp3) is 0.458. The Labute approximate surface area is 186 Å². The highest BCUT2D eigenvalue weighted by Gasteiger charge is 2.30. The Morgan fingerprint density at radius 2 is 1.53 bits per heavy atom. The topological polar surface area (TPSA) is 70.8 Å². The van der Waals surface area contributed by atoms with Crippen LogP contribution in [-0.2, 0) is 9.53 Å². The summed E-state index contributed by atoms with van der Waals surface area (Å²) in [7, 11) is 0. The van der Waals surface area contributed by atoms with Crippen LogP contribution in [0.2, 0.25) is 0 Å². The molecule has 0 aromatic heterocycles. The van der Waals surface area contributed by atoms with Crippen molar-refractivity contribution in [3.63, 3.8) is 0 Å². The normalized spacial score (nSPS) is 11.2. The second-order valence-corrected chi connectivity index (χ2v) is 7.35. The average Bonchev–Trinajstić information content (AvgIpc) is 2.73. The van der Waals surface area contributed by atoms with Gasteiger partial charge in [0.2, 0.25) is 0 Å². The first kappa shape index (κ1) is 25.4. The maximum Gasteiger partial charge on any atom is 0.573 e. The van der Waals surface area contributed by atoms with Gasteiger partial charge in [-0.3, -0.25) is 4.79 Å². The number of ether oxygens (including phenoxy) is 3. The summed E-state index contributed by atoms with van der Waals surface area (Å²) >= 11 is 0. The van der Waals surface area contributed by atoms with Gasteiger partial charge in [0.15, 0.2) is 0 Å². The fourth-order valence-corrected chi connectivity index (χ4v) is 3.20. The number of unbranched alkanes of at least 4 members (excludes halogenated alkanes) is 5. The van der Waals surface area contributed by atoms with Crippen molar-refractivity contribution in [2.75, 3.05) is 18.9 Å². The number of esters is 1. The van der Waals surface area contributed by atoms with Crippen molar-refractivity contribution in [2.24, 2.45) is 0 Å². The van der Waals surface area contributed by atoms with Gasteiger partial charge >= 0.3 is 12.3 Å². The molecule has 0 saturated heterocycles. The van der Waals surface area contributed by atoms with E-state index in [-0.39, 0.29) is 11.7 Å². The molecular weight excluding hydrogens is 423 g/mol. The first-order valence-electron chi connectivity index (χ1n) is 10.8. The van der Waals surface area contributed by atoms with E-state index < -0.39 is 6.36 Å². The molecule has 8 heteroatoms. The Bertz CT molecular complexity index is 838. The molecule has 0 aliphatic carbocycles. The van der Waals surface area contributed by atoms with Gasteiger partial charge in [-0.25, -0.2) is 0 Å². The highest BCUT2D eigenvalue weighted by atomic mass is 19.4. The maximum absolute atomic E-state index is 12.3. The molecule has 2 aromatic rings. The van der Waals surface area contributed by atoms with Crippen LogP contribution in [-0.4, -0.2) is 25.5 Å². The van der Waals surface area contributed by atoms with Crippen molar-refractivity contribution < 1.29 is 32.2 Å². The molecule has 2 aromatic carbocycles. The summed E-state index contributed by atoms with van der Waals surface area (Å²) < 4.78 is 51.3. The van der Waals surface area contributed by atoms with E-state index in [2.05, 4.69) is 4.74 Å². The molecule has 0 saturated carbocycles. The minimum atomic E-state index is -4.71. The van der Waals surface area contributed by atoms with Crippen molar-refractivity contribution in [3.05, 3.63) is 42.5 Å². The van der Waals surface area contributed by atoms with Crippen LogP contribution in [0.5, 0.6) is 11.5 Å². The van der Waals surface area contributed by atoms with Crippen molar-refractivity contribution >= 4 is 11.7 Å². The number of alkyl halides is 3. The molecule has 0 amide bonds. The summed E-state index contributed by atoms with van der Waals surface area (Å²) in [6, 6.07) is 10.9. The zero-order valence-electron chi connectivity index (χ0n) is 18.2. The quantitative estimate of drug-likeness (QED) is 0.213. The second kappa shape index (κ2) is 12.8. The van der Waals surface area contributed by atoms with Crippen molar-refractivity contribution in [1.82, 2.24) is 0 Å². The molecule has 0 bridgehead atoms. The number of carbonyl (C=O) groups is 1. The third-order valence-corrected chi connectivity index (χ3v) is 4.77.